The van der Waals surface area contributed by atoms with Gasteiger partial charge in [-0.05, 0) is 62.6 Å². The minimum Gasteiger partial charge on any atom is -0.497 e. The summed E-state index contributed by atoms with van der Waals surface area (Å²) in [6, 6.07) is 15.9. The van der Waals surface area contributed by atoms with Crippen molar-refractivity contribution in [1.29, 1.82) is 0 Å². The van der Waals surface area contributed by atoms with Crippen LogP contribution in [0.15, 0.2) is 48.5 Å². The van der Waals surface area contributed by atoms with Crippen molar-refractivity contribution in [3.05, 3.63) is 59.7 Å². The molecule has 34 heavy (non-hydrogen) atoms. The average Bonchev–Trinajstić information content (AvgIpc) is 2.80. The molecule has 2 atom stereocenters. The number of carbonyl (C=O) groups excluding carboxylic acids is 2. The van der Waals surface area contributed by atoms with E-state index in [1.165, 1.54) is 4.90 Å². The van der Waals surface area contributed by atoms with E-state index >= 15 is 0 Å². The van der Waals surface area contributed by atoms with Gasteiger partial charge < -0.3 is 14.2 Å². The zero-order chi connectivity index (χ0) is 24.9. The maximum atomic E-state index is 13.2. The third-order valence-electron chi connectivity index (χ3n) is 6.05. The van der Waals surface area contributed by atoms with Crippen molar-refractivity contribution in [1.82, 2.24) is 9.80 Å². The lowest BCUT2D eigenvalue weighted by Gasteiger charge is -2.41. The van der Waals surface area contributed by atoms with Crippen molar-refractivity contribution >= 4 is 12.0 Å². The van der Waals surface area contributed by atoms with Gasteiger partial charge in [0.2, 0.25) is 5.91 Å². The van der Waals surface area contributed by atoms with Crippen LogP contribution in [0.25, 0.3) is 0 Å². The highest BCUT2D eigenvalue weighted by Crippen LogP contribution is 2.28. The highest BCUT2D eigenvalue weighted by Gasteiger charge is 2.40. The normalized spacial score (nSPS) is 18.7. The molecular formula is C27H36N2O5. The summed E-state index contributed by atoms with van der Waals surface area (Å²) >= 11 is 0. The lowest BCUT2D eigenvalue weighted by Crippen LogP contribution is -2.55. The van der Waals surface area contributed by atoms with Crippen molar-refractivity contribution in [2.75, 3.05) is 20.8 Å². The summed E-state index contributed by atoms with van der Waals surface area (Å²) in [6.07, 6.45) is 0.109. The molecule has 0 bridgehead atoms. The first-order chi connectivity index (χ1) is 16.1. The Balaban J connectivity index is 1.81. The Bertz CT molecular complexity index is 917. The number of nitrogens with zero attached hydrogens (tertiary/aromatic N) is 2. The SMILES string of the molecule is COc1ccc(CN(Cc2ccc(OC)cc2)C2CCN(C(=O)OC(C)(C)C)C(=O)C2C)cc1. The van der Waals surface area contributed by atoms with E-state index in [9.17, 15) is 9.59 Å². The number of rotatable bonds is 7. The van der Waals surface area contributed by atoms with Crippen molar-refractivity contribution in [3.63, 3.8) is 0 Å². The van der Waals surface area contributed by atoms with Gasteiger partial charge in [-0.25, -0.2) is 9.69 Å². The fraction of sp³-hybridized carbons (Fsp3) is 0.481. The first kappa shape index (κ1) is 25.6. The van der Waals surface area contributed by atoms with Crippen molar-refractivity contribution < 1.29 is 23.8 Å². The highest BCUT2D eigenvalue weighted by molar-refractivity contribution is 5.94. The van der Waals surface area contributed by atoms with Gasteiger partial charge in [0.1, 0.15) is 17.1 Å². The Kier molecular flexibility index (Phi) is 8.20. The average molecular weight is 469 g/mol. The Morgan fingerprint density at radius 3 is 1.82 bits per heavy atom. The van der Waals surface area contributed by atoms with Crippen molar-refractivity contribution in [2.45, 2.75) is 58.8 Å². The molecule has 2 amide bonds. The second-order valence-corrected chi connectivity index (χ2v) is 9.72. The van der Waals surface area contributed by atoms with Crippen molar-refractivity contribution in [3.8, 4) is 11.5 Å². The van der Waals surface area contributed by atoms with Gasteiger partial charge in [-0.3, -0.25) is 9.69 Å². The van der Waals surface area contributed by atoms with Crippen LogP contribution in [0.5, 0.6) is 11.5 Å². The van der Waals surface area contributed by atoms with Gasteiger partial charge >= 0.3 is 6.09 Å². The molecule has 184 valence electrons. The standard InChI is InChI=1S/C27H36N2O5/c1-19-24(15-16-29(25(19)30)26(31)34-27(2,3)4)28(17-20-7-11-22(32-5)12-8-20)18-21-9-13-23(33-6)14-10-21/h7-14,19,24H,15-18H2,1-6H3. The Morgan fingerprint density at radius 2 is 1.41 bits per heavy atom. The van der Waals surface area contributed by atoms with Crippen molar-refractivity contribution in [2.24, 2.45) is 5.92 Å². The number of imide groups is 1. The zero-order valence-electron chi connectivity index (χ0n) is 21.0. The maximum absolute atomic E-state index is 13.2. The number of hydrogen-bond donors (Lipinski definition) is 0. The van der Waals surface area contributed by atoms with Crippen LogP contribution in [0.2, 0.25) is 0 Å². The van der Waals surface area contributed by atoms with Gasteiger partial charge in [0.15, 0.2) is 0 Å². The van der Waals surface area contributed by atoms with E-state index in [4.69, 9.17) is 14.2 Å². The van der Waals surface area contributed by atoms with Crippen LogP contribution in [-0.4, -0.2) is 54.2 Å². The van der Waals surface area contributed by atoms with E-state index in [2.05, 4.69) is 4.90 Å². The molecule has 1 aliphatic heterocycles. The number of hydrogen-bond acceptors (Lipinski definition) is 6. The van der Waals surface area contributed by atoms with Gasteiger partial charge in [0, 0.05) is 25.7 Å². The topological polar surface area (TPSA) is 68.3 Å². The summed E-state index contributed by atoms with van der Waals surface area (Å²) in [4.78, 5) is 29.4. The molecule has 2 aromatic carbocycles. The quantitative estimate of drug-likeness (QED) is 0.577. The largest absolute Gasteiger partial charge is 0.497 e. The number of amides is 2. The molecule has 0 aromatic heterocycles. The molecule has 1 heterocycles. The Morgan fingerprint density at radius 1 is 0.941 bits per heavy atom. The Hall–Kier alpha value is -3.06. The van der Waals surface area contributed by atoms with Crippen LogP contribution in [0, 0.1) is 5.92 Å². The third-order valence-corrected chi connectivity index (χ3v) is 6.05. The summed E-state index contributed by atoms with van der Waals surface area (Å²) < 4.78 is 16.0. The van der Waals surface area contributed by atoms with Gasteiger partial charge in [-0.2, -0.15) is 0 Å². The van der Waals surface area contributed by atoms with E-state index in [0.29, 0.717) is 26.1 Å². The summed E-state index contributed by atoms with van der Waals surface area (Å²) in [5.74, 6) is 1.07. The monoisotopic (exact) mass is 468 g/mol. The molecular weight excluding hydrogens is 432 g/mol. The second kappa shape index (κ2) is 10.9. The highest BCUT2D eigenvalue weighted by atomic mass is 16.6. The molecule has 2 unspecified atom stereocenters. The van der Waals surface area contributed by atoms with Gasteiger partial charge in [0.05, 0.1) is 20.1 Å². The smallest absolute Gasteiger partial charge is 0.417 e. The van der Waals surface area contributed by atoms with Crippen LogP contribution >= 0.6 is 0 Å². The molecule has 0 N–H and O–H groups in total. The molecule has 0 aliphatic carbocycles. The summed E-state index contributed by atoms with van der Waals surface area (Å²) in [6.45, 7) is 8.99. The minimum atomic E-state index is -0.647. The van der Waals surface area contributed by atoms with E-state index in [0.717, 1.165) is 22.6 Å². The summed E-state index contributed by atoms with van der Waals surface area (Å²) in [5, 5.41) is 0. The van der Waals surface area contributed by atoms with Gasteiger partial charge in [0.25, 0.3) is 0 Å². The summed E-state index contributed by atoms with van der Waals surface area (Å²) in [7, 11) is 3.30. The fourth-order valence-electron chi connectivity index (χ4n) is 4.25. The zero-order valence-corrected chi connectivity index (χ0v) is 21.0. The third kappa shape index (κ3) is 6.50. The summed E-state index contributed by atoms with van der Waals surface area (Å²) in [5.41, 5.74) is 1.61. The minimum absolute atomic E-state index is 0.0182. The molecule has 3 rings (SSSR count). The van der Waals surface area contributed by atoms with E-state index in [1.54, 1.807) is 35.0 Å². The first-order valence-corrected chi connectivity index (χ1v) is 11.7. The molecule has 7 heteroatoms. The number of benzene rings is 2. The predicted octanol–water partition coefficient (Wildman–Crippen LogP) is 4.88. The number of carbonyl (C=O) groups is 2. The van der Waals surface area contributed by atoms with Crippen LogP contribution in [0.3, 0.4) is 0 Å². The van der Waals surface area contributed by atoms with Gasteiger partial charge in [-0.1, -0.05) is 31.2 Å². The molecule has 0 saturated carbocycles. The maximum Gasteiger partial charge on any atom is 0.417 e. The molecule has 1 fully saturated rings. The van der Waals surface area contributed by atoms with Crippen LogP contribution in [-0.2, 0) is 22.6 Å². The van der Waals surface area contributed by atoms with Crippen LogP contribution in [0.4, 0.5) is 4.79 Å². The molecule has 1 aliphatic rings. The van der Waals surface area contributed by atoms with Crippen LogP contribution < -0.4 is 9.47 Å². The fourth-order valence-corrected chi connectivity index (χ4v) is 4.25. The Labute approximate surface area is 202 Å². The lowest BCUT2D eigenvalue weighted by atomic mass is 9.90. The molecule has 0 radical (unpaired) electrons. The number of likely N-dealkylation sites (tertiary alicyclic amines) is 1. The molecule has 2 aromatic rings. The molecule has 7 nitrogen and oxygen atoms in total. The molecule has 0 spiro atoms. The van der Waals surface area contributed by atoms with E-state index in [1.807, 2.05) is 55.5 Å². The number of methoxy groups -OCH3 is 2. The van der Waals surface area contributed by atoms with Gasteiger partial charge in [-0.15, -0.1) is 0 Å². The first-order valence-electron chi connectivity index (χ1n) is 11.7. The molecule has 1 saturated heterocycles. The van der Waals surface area contributed by atoms with E-state index in [-0.39, 0.29) is 17.9 Å². The van der Waals surface area contributed by atoms with Crippen LogP contribution in [0.1, 0.15) is 45.2 Å². The lowest BCUT2D eigenvalue weighted by molar-refractivity contribution is -0.140. The number of ether oxygens (including phenoxy) is 3. The second-order valence-electron chi connectivity index (χ2n) is 9.72. The predicted molar refractivity (Wildman–Crippen MR) is 131 cm³/mol. The van der Waals surface area contributed by atoms with E-state index < -0.39 is 11.7 Å². The number of piperidine rings is 1.